The molecule has 1 aliphatic heterocycles. The monoisotopic (exact) mass is 154 g/mol. The van der Waals surface area contributed by atoms with Gasteiger partial charge in [-0.3, -0.25) is 4.99 Å². The SMILES string of the molecule is CC(C)/C1=N/CCCCCN1. The van der Waals surface area contributed by atoms with Gasteiger partial charge in [0.15, 0.2) is 0 Å². The van der Waals surface area contributed by atoms with Gasteiger partial charge in [0, 0.05) is 19.0 Å². The average Bonchev–Trinajstić information content (AvgIpc) is 1.84. The molecule has 0 bridgehead atoms. The number of rotatable bonds is 1. The molecular weight excluding hydrogens is 136 g/mol. The summed E-state index contributed by atoms with van der Waals surface area (Å²) in [5, 5.41) is 3.37. The van der Waals surface area contributed by atoms with Crippen LogP contribution in [0.1, 0.15) is 33.1 Å². The molecule has 0 aromatic heterocycles. The lowest BCUT2D eigenvalue weighted by Crippen LogP contribution is -2.30. The highest BCUT2D eigenvalue weighted by atomic mass is 15.0. The molecule has 0 aliphatic carbocycles. The van der Waals surface area contributed by atoms with E-state index < -0.39 is 0 Å². The van der Waals surface area contributed by atoms with Gasteiger partial charge in [-0.15, -0.1) is 0 Å². The van der Waals surface area contributed by atoms with E-state index in [1.54, 1.807) is 0 Å². The summed E-state index contributed by atoms with van der Waals surface area (Å²) in [4.78, 5) is 4.49. The standard InChI is InChI=1S/C9H18N2/c1-8(2)9-10-6-4-3-5-7-11-9/h8H,3-7H2,1-2H3,(H,10,11). The molecule has 0 fully saturated rings. The number of amidine groups is 1. The second-order valence-corrected chi connectivity index (χ2v) is 3.41. The van der Waals surface area contributed by atoms with Crippen LogP contribution < -0.4 is 5.32 Å². The third kappa shape index (κ3) is 2.91. The van der Waals surface area contributed by atoms with Gasteiger partial charge in [-0.05, 0) is 19.3 Å². The van der Waals surface area contributed by atoms with E-state index in [1.165, 1.54) is 25.1 Å². The van der Waals surface area contributed by atoms with Crippen molar-refractivity contribution in [3.05, 3.63) is 0 Å². The van der Waals surface area contributed by atoms with Crippen LogP contribution in [0.15, 0.2) is 4.99 Å². The Hall–Kier alpha value is -0.530. The third-order valence-corrected chi connectivity index (χ3v) is 1.97. The quantitative estimate of drug-likeness (QED) is 0.612. The fraction of sp³-hybridized carbons (Fsp3) is 0.889. The van der Waals surface area contributed by atoms with Crippen molar-refractivity contribution < 1.29 is 0 Å². The van der Waals surface area contributed by atoms with Gasteiger partial charge in [-0.25, -0.2) is 0 Å². The summed E-state index contributed by atoms with van der Waals surface area (Å²) in [5.74, 6) is 1.76. The van der Waals surface area contributed by atoms with Crippen molar-refractivity contribution in [1.82, 2.24) is 5.32 Å². The van der Waals surface area contributed by atoms with E-state index in [2.05, 4.69) is 24.2 Å². The van der Waals surface area contributed by atoms with Crippen LogP contribution in [0, 0.1) is 5.92 Å². The normalized spacial score (nSPS) is 24.8. The Bertz CT molecular complexity index is 138. The summed E-state index contributed by atoms with van der Waals surface area (Å²) < 4.78 is 0. The van der Waals surface area contributed by atoms with E-state index in [9.17, 15) is 0 Å². The molecule has 2 nitrogen and oxygen atoms in total. The molecular formula is C9H18N2. The molecule has 0 aromatic carbocycles. The second kappa shape index (κ2) is 4.37. The van der Waals surface area contributed by atoms with Crippen molar-refractivity contribution in [2.45, 2.75) is 33.1 Å². The molecule has 0 radical (unpaired) electrons. The fourth-order valence-electron chi connectivity index (χ4n) is 1.27. The van der Waals surface area contributed by atoms with E-state index >= 15 is 0 Å². The van der Waals surface area contributed by atoms with Crippen molar-refractivity contribution in [3.8, 4) is 0 Å². The Morgan fingerprint density at radius 2 is 2.09 bits per heavy atom. The van der Waals surface area contributed by atoms with Crippen LogP contribution in [0.4, 0.5) is 0 Å². The summed E-state index contributed by atoms with van der Waals surface area (Å²) in [6.07, 6.45) is 3.88. The predicted molar refractivity (Wildman–Crippen MR) is 49.0 cm³/mol. The van der Waals surface area contributed by atoms with E-state index in [4.69, 9.17) is 0 Å². The van der Waals surface area contributed by atoms with Crippen LogP contribution >= 0.6 is 0 Å². The first kappa shape index (κ1) is 8.57. The van der Waals surface area contributed by atoms with Crippen molar-refractivity contribution in [2.75, 3.05) is 13.1 Å². The van der Waals surface area contributed by atoms with Crippen LogP contribution in [0.25, 0.3) is 0 Å². The first-order valence-electron chi connectivity index (χ1n) is 4.59. The maximum atomic E-state index is 4.49. The van der Waals surface area contributed by atoms with Crippen LogP contribution in [-0.4, -0.2) is 18.9 Å². The van der Waals surface area contributed by atoms with Gasteiger partial charge in [0.25, 0.3) is 0 Å². The number of aliphatic imine (C=N–C) groups is 1. The summed E-state index contributed by atoms with van der Waals surface area (Å²) in [7, 11) is 0. The smallest absolute Gasteiger partial charge is 0.0988 e. The predicted octanol–water partition coefficient (Wildman–Crippen LogP) is 1.81. The second-order valence-electron chi connectivity index (χ2n) is 3.41. The summed E-state index contributed by atoms with van der Waals surface area (Å²) in [6.45, 7) is 6.50. The van der Waals surface area contributed by atoms with Crippen molar-refractivity contribution >= 4 is 5.84 Å². The number of nitrogens with zero attached hydrogens (tertiary/aromatic N) is 1. The lowest BCUT2D eigenvalue weighted by Gasteiger charge is -2.15. The largest absolute Gasteiger partial charge is 0.374 e. The summed E-state index contributed by atoms with van der Waals surface area (Å²) in [5.41, 5.74) is 0. The van der Waals surface area contributed by atoms with E-state index in [-0.39, 0.29) is 0 Å². The molecule has 0 atom stereocenters. The Labute approximate surface area is 69.1 Å². The first-order valence-corrected chi connectivity index (χ1v) is 4.59. The molecule has 0 saturated carbocycles. The fourth-order valence-corrected chi connectivity index (χ4v) is 1.27. The summed E-state index contributed by atoms with van der Waals surface area (Å²) >= 11 is 0. The zero-order chi connectivity index (χ0) is 8.10. The van der Waals surface area contributed by atoms with Gasteiger partial charge in [-0.1, -0.05) is 13.8 Å². The third-order valence-electron chi connectivity index (χ3n) is 1.97. The average molecular weight is 154 g/mol. The zero-order valence-corrected chi connectivity index (χ0v) is 7.56. The van der Waals surface area contributed by atoms with Gasteiger partial charge < -0.3 is 5.32 Å². The highest BCUT2D eigenvalue weighted by Gasteiger charge is 2.05. The Morgan fingerprint density at radius 3 is 2.82 bits per heavy atom. The molecule has 0 saturated heterocycles. The number of hydrogen-bond acceptors (Lipinski definition) is 2. The molecule has 1 rings (SSSR count). The highest BCUT2D eigenvalue weighted by molar-refractivity contribution is 5.83. The molecule has 1 heterocycles. The van der Waals surface area contributed by atoms with Gasteiger partial charge in [-0.2, -0.15) is 0 Å². The Kier molecular flexibility index (Phi) is 3.40. The summed E-state index contributed by atoms with van der Waals surface area (Å²) in [6, 6.07) is 0. The van der Waals surface area contributed by atoms with E-state index in [1.807, 2.05) is 0 Å². The van der Waals surface area contributed by atoms with Crippen molar-refractivity contribution in [1.29, 1.82) is 0 Å². The molecule has 11 heavy (non-hydrogen) atoms. The maximum Gasteiger partial charge on any atom is 0.0988 e. The van der Waals surface area contributed by atoms with Crippen molar-refractivity contribution in [3.63, 3.8) is 0 Å². The Morgan fingerprint density at radius 1 is 1.27 bits per heavy atom. The minimum Gasteiger partial charge on any atom is -0.374 e. The topological polar surface area (TPSA) is 24.4 Å². The van der Waals surface area contributed by atoms with Gasteiger partial charge in [0.1, 0.15) is 0 Å². The Balaban J connectivity index is 2.45. The maximum absolute atomic E-state index is 4.49. The van der Waals surface area contributed by atoms with Crippen molar-refractivity contribution in [2.24, 2.45) is 10.9 Å². The molecule has 1 N–H and O–H groups in total. The van der Waals surface area contributed by atoms with Gasteiger partial charge in [0.05, 0.1) is 5.84 Å². The molecule has 2 heteroatoms. The molecule has 1 aliphatic rings. The molecule has 0 amide bonds. The highest BCUT2D eigenvalue weighted by Crippen LogP contribution is 2.02. The number of hydrogen-bond donors (Lipinski definition) is 1. The van der Waals surface area contributed by atoms with Crippen LogP contribution in [-0.2, 0) is 0 Å². The zero-order valence-electron chi connectivity index (χ0n) is 7.56. The van der Waals surface area contributed by atoms with Crippen LogP contribution in [0.2, 0.25) is 0 Å². The molecule has 0 spiro atoms. The van der Waals surface area contributed by atoms with Crippen LogP contribution in [0.5, 0.6) is 0 Å². The lowest BCUT2D eigenvalue weighted by molar-refractivity contribution is 0.633. The molecule has 64 valence electrons. The minimum atomic E-state index is 0.563. The van der Waals surface area contributed by atoms with E-state index in [0.29, 0.717) is 5.92 Å². The van der Waals surface area contributed by atoms with Crippen LogP contribution in [0.3, 0.4) is 0 Å². The lowest BCUT2D eigenvalue weighted by atomic mass is 10.1. The first-order chi connectivity index (χ1) is 5.30. The molecule has 0 aromatic rings. The number of nitrogens with one attached hydrogen (secondary N) is 1. The minimum absolute atomic E-state index is 0.563. The molecule has 0 unspecified atom stereocenters. The van der Waals surface area contributed by atoms with Gasteiger partial charge >= 0.3 is 0 Å². The van der Waals surface area contributed by atoms with Gasteiger partial charge in [0.2, 0.25) is 0 Å². The van der Waals surface area contributed by atoms with E-state index in [0.717, 1.165) is 13.1 Å².